The molecule has 27 heavy (non-hydrogen) atoms. The van der Waals surface area contributed by atoms with Gasteiger partial charge in [-0.15, -0.1) is 0 Å². The molecule has 1 aromatic carbocycles. The first kappa shape index (κ1) is 18.7. The Morgan fingerprint density at radius 3 is 2.59 bits per heavy atom. The highest BCUT2D eigenvalue weighted by molar-refractivity contribution is 6.06. The molecule has 0 saturated carbocycles. The van der Waals surface area contributed by atoms with E-state index in [2.05, 4.69) is 15.4 Å². The molecule has 0 unspecified atom stereocenters. The average Bonchev–Trinajstić information content (AvgIpc) is 2.95. The van der Waals surface area contributed by atoms with Crippen molar-refractivity contribution in [3.63, 3.8) is 0 Å². The van der Waals surface area contributed by atoms with Crippen LogP contribution in [0.2, 0.25) is 0 Å². The second-order valence-corrected chi connectivity index (χ2v) is 6.20. The minimum atomic E-state index is -4.58. The lowest BCUT2D eigenvalue weighted by molar-refractivity contribution is -0.141. The van der Waals surface area contributed by atoms with Gasteiger partial charge in [0.25, 0.3) is 5.91 Å². The number of benzene rings is 1. The quantitative estimate of drug-likeness (QED) is 0.744. The van der Waals surface area contributed by atoms with E-state index < -0.39 is 17.8 Å². The molecule has 142 valence electrons. The molecule has 0 saturated heterocycles. The van der Waals surface area contributed by atoms with Crippen LogP contribution in [0.3, 0.4) is 0 Å². The summed E-state index contributed by atoms with van der Waals surface area (Å²) in [5.74, 6) is 0.0197. The molecule has 3 rings (SSSR count). The van der Waals surface area contributed by atoms with Gasteiger partial charge in [-0.2, -0.15) is 18.3 Å². The summed E-state index contributed by atoms with van der Waals surface area (Å²) in [5, 5.41) is 6.54. The van der Waals surface area contributed by atoms with E-state index >= 15 is 0 Å². The van der Waals surface area contributed by atoms with Gasteiger partial charge in [-0.05, 0) is 38.1 Å². The van der Waals surface area contributed by atoms with Crippen LogP contribution in [0.1, 0.15) is 29.9 Å². The Labute approximate surface area is 153 Å². The summed E-state index contributed by atoms with van der Waals surface area (Å²) in [5.41, 5.74) is -0.274. The molecule has 0 radical (unpaired) electrons. The van der Waals surface area contributed by atoms with Crippen LogP contribution in [-0.4, -0.2) is 26.8 Å². The van der Waals surface area contributed by atoms with E-state index in [1.54, 1.807) is 30.5 Å². The maximum Gasteiger partial charge on any atom is 0.435 e. The zero-order valence-corrected chi connectivity index (χ0v) is 14.8. The summed E-state index contributed by atoms with van der Waals surface area (Å²) >= 11 is 0. The molecule has 2 aromatic heterocycles. The van der Waals surface area contributed by atoms with E-state index in [1.165, 1.54) is 7.05 Å². The van der Waals surface area contributed by atoms with Gasteiger partial charge in [-0.25, -0.2) is 0 Å². The second kappa shape index (κ2) is 6.90. The van der Waals surface area contributed by atoms with Crippen molar-refractivity contribution in [3.8, 4) is 5.75 Å². The van der Waals surface area contributed by atoms with Crippen molar-refractivity contribution in [1.82, 2.24) is 14.8 Å². The highest BCUT2D eigenvalue weighted by Crippen LogP contribution is 2.30. The first-order valence-electron chi connectivity index (χ1n) is 8.13. The number of carbonyl (C=O) groups is 1. The van der Waals surface area contributed by atoms with Crippen molar-refractivity contribution in [1.29, 1.82) is 0 Å². The van der Waals surface area contributed by atoms with E-state index in [1.807, 2.05) is 13.8 Å². The van der Waals surface area contributed by atoms with E-state index in [-0.39, 0.29) is 17.5 Å². The average molecular weight is 378 g/mol. The Bertz CT molecular complexity index is 996. The SMILES string of the molecule is CC(C)Oc1ccnc2cc(C(=O)Nc3cc(C(F)(F)F)nn3C)ccc12. The predicted octanol–water partition coefficient (Wildman–Crippen LogP) is 4.03. The fourth-order valence-electron chi connectivity index (χ4n) is 2.53. The first-order valence-corrected chi connectivity index (χ1v) is 8.13. The number of nitrogens with zero attached hydrogens (tertiary/aromatic N) is 3. The van der Waals surface area contributed by atoms with Crippen LogP contribution in [-0.2, 0) is 13.2 Å². The lowest BCUT2D eigenvalue weighted by atomic mass is 10.1. The molecular weight excluding hydrogens is 361 g/mol. The number of halogens is 3. The number of rotatable bonds is 4. The fourth-order valence-corrected chi connectivity index (χ4v) is 2.53. The smallest absolute Gasteiger partial charge is 0.435 e. The number of hydrogen-bond donors (Lipinski definition) is 1. The fraction of sp³-hybridized carbons (Fsp3) is 0.278. The molecule has 6 nitrogen and oxygen atoms in total. The number of alkyl halides is 3. The molecule has 0 spiro atoms. The molecule has 0 aliphatic heterocycles. The Morgan fingerprint density at radius 2 is 1.96 bits per heavy atom. The van der Waals surface area contributed by atoms with Gasteiger partial charge >= 0.3 is 6.18 Å². The third-order valence-corrected chi connectivity index (χ3v) is 3.74. The van der Waals surface area contributed by atoms with Crippen LogP contribution in [0, 0.1) is 0 Å². The maximum absolute atomic E-state index is 12.7. The molecule has 0 aliphatic carbocycles. The Balaban J connectivity index is 1.87. The molecule has 3 aromatic rings. The summed E-state index contributed by atoms with van der Waals surface area (Å²) in [7, 11) is 1.32. The van der Waals surface area contributed by atoms with Gasteiger partial charge in [0.2, 0.25) is 0 Å². The molecule has 0 atom stereocenters. The van der Waals surface area contributed by atoms with Crippen LogP contribution < -0.4 is 10.1 Å². The molecule has 1 N–H and O–H groups in total. The van der Waals surface area contributed by atoms with E-state index in [9.17, 15) is 18.0 Å². The predicted molar refractivity (Wildman–Crippen MR) is 93.7 cm³/mol. The maximum atomic E-state index is 12.7. The van der Waals surface area contributed by atoms with Crippen molar-refractivity contribution in [2.45, 2.75) is 26.1 Å². The molecule has 0 fully saturated rings. The molecule has 1 amide bonds. The third kappa shape index (κ3) is 4.02. The molecular formula is C18H17F3N4O2. The number of aryl methyl sites for hydroxylation is 1. The number of anilines is 1. The van der Waals surface area contributed by atoms with Gasteiger partial charge in [-0.3, -0.25) is 14.5 Å². The molecule has 0 aliphatic rings. The van der Waals surface area contributed by atoms with Gasteiger partial charge in [0, 0.05) is 30.3 Å². The van der Waals surface area contributed by atoms with Crippen molar-refractivity contribution >= 4 is 22.6 Å². The molecule has 0 bridgehead atoms. The lowest BCUT2D eigenvalue weighted by Gasteiger charge is -2.12. The van der Waals surface area contributed by atoms with Gasteiger partial charge in [0.15, 0.2) is 5.69 Å². The van der Waals surface area contributed by atoms with Crippen LogP contribution >= 0.6 is 0 Å². The standard InChI is InChI=1S/C18H17F3N4O2/c1-10(2)27-14-6-7-22-13-8-11(4-5-12(13)14)17(26)23-16-9-15(18(19,20)21)24-25(16)3/h4-10H,1-3H3,(H,23,26). The van der Waals surface area contributed by atoms with Gasteiger partial charge in [0.1, 0.15) is 11.6 Å². The van der Waals surface area contributed by atoms with E-state index in [0.717, 1.165) is 16.1 Å². The Kier molecular flexibility index (Phi) is 4.77. The number of nitrogens with one attached hydrogen (secondary N) is 1. The number of carbonyl (C=O) groups excluding carboxylic acids is 1. The summed E-state index contributed by atoms with van der Waals surface area (Å²) in [6.07, 6.45) is -3.04. The topological polar surface area (TPSA) is 69.0 Å². The number of fused-ring (bicyclic) bond motifs is 1. The highest BCUT2D eigenvalue weighted by atomic mass is 19.4. The number of ether oxygens (including phenoxy) is 1. The zero-order valence-electron chi connectivity index (χ0n) is 14.8. The molecule has 2 heterocycles. The van der Waals surface area contributed by atoms with Crippen molar-refractivity contribution < 1.29 is 22.7 Å². The Hall–Kier alpha value is -3.10. The number of aromatic nitrogens is 3. The Morgan fingerprint density at radius 1 is 1.22 bits per heavy atom. The third-order valence-electron chi connectivity index (χ3n) is 3.74. The van der Waals surface area contributed by atoms with Crippen LogP contribution in [0.5, 0.6) is 5.75 Å². The van der Waals surface area contributed by atoms with Crippen molar-refractivity contribution in [3.05, 3.63) is 47.8 Å². The van der Waals surface area contributed by atoms with Gasteiger partial charge in [-0.1, -0.05) is 0 Å². The minimum absolute atomic E-state index is 0.0220. The lowest BCUT2D eigenvalue weighted by Crippen LogP contribution is -2.14. The minimum Gasteiger partial charge on any atom is -0.490 e. The van der Waals surface area contributed by atoms with Crippen LogP contribution in [0.25, 0.3) is 10.9 Å². The van der Waals surface area contributed by atoms with Crippen LogP contribution in [0.15, 0.2) is 36.5 Å². The van der Waals surface area contributed by atoms with Gasteiger partial charge in [0.05, 0.1) is 11.6 Å². The van der Waals surface area contributed by atoms with Crippen LogP contribution in [0.4, 0.5) is 19.0 Å². The monoisotopic (exact) mass is 378 g/mol. The summed E-state index contributed by atoms with van der Waals surface area (Å²) < 4.78 is 44.9. The number of amides is 1. The number of pyridine rings is 1. The summed E-state index contributed by atoms with van der Waals surface area (Å²) in [4.78, 5) is 16.7. The van der Waals surface area contributed by atoms with E-state index in [0.29, 0.717) is 11.3 Å². The normalized spacial score (nSPS) is 11.8. The van der Waals surface area contributed by atoms with Crippen molar-refractivity contribution in [2.75, 3.05) is 5.32 Å². The summed E-state index contributed by atoms with van der Waals surface area (Å²) in [6.45, 7) is 3.80. The van der Waals surface area contributed by atoms with E-state index in [4.69, 9.17) is 4.74 Å². The number of hydrogen-bond acceptors (Lipinski definition) is 4. The second-order valence-electron chi connectivity index (χ2n) is 6.20. The largest absolute Gasteiger partial charge is 0.490 e. The van der Waals surface area contributed by atoms with Gasteiger partial charge < -0.3 is 10.1 Å². The zero-order chi connectivity index (χ0) is 19.8. The highest BCUT2D eigenvalue weighted by Gasteiger charge is 2.34. The summed E-state index contributed by atoms with van der Waals surface area (Å²) in [6, 6.07) is 7.33. The van der Waals surface area contributed by atoms with Crippen molar-refractivity contribution in [2.24, 2.45) is 7.05 Å². The molecule has 9 heteroatoms. The first-order chi connectivity index (χ1) is 12.6.